The number of rotatable bonds is 5. The zero-order valence-electron chi connectivity index (χ0n) is 9.70. The maximum absolute atomic E-state index is 11.5. The molecule has 1 aliphatic heterocycles. The summed E-state index contributed by atoms with van der Waals surface area (Å²) in [7, 11) is -3.96. The van der Waals surface area contributed by atoms with Crippen LogP contribution in [0.4, 0.5) is 0 Å². The first-order chi connectivity index (χ1) is 8.33. The van der Waals surface area contributed by atoms with Crippen LogP contribution in [0.15, 0.2) is 16.3 Å². The fourth-order valence-corrected chi connectivity index (χ4v) is 2.04. The Morgan fingerprint density at radius 3 is 2.67 bits per heavy atom. The third-order valence-electron chi connectivity index (χ3n) is 1.82. The van der Waals surface area contributed by atoms with Crippen molar-refractivity contribution >= 4 is 22.0 Å². The zero-order valence-corrected chi connectivity index (χ0v) is 10.5. The molecular weight excluding hydrogens is 264 g/mol. The van der Waals surface area contributed by atoms with Gasteiger partial charge in [-0.15, -0.1) is 4.40 Å². The Labute approximate surface area is 104 Å². The number of carbonyl (C=O) groups excluding carboxylic acids is 1. The minimum Gasteiger partial charge on any atom is -0.463 e. The van der Waals surface area contributed by atoms with Crippen molar-refractivity contribution in [1.29, 1.82) is 0 Å². The van der Waals surface area contributed by atoms with Crippen LogP contribution < -0.4 is 11.5 Å². The summed E-state index contributed by atoms with van der Waals surface area (Å²) in [6.07, 6.45) is 1.20. The van der Waals surface area contributed by atoms with E-state index in [4.69, 9.17) is 16.2 Å². The standard InChI is InChI=1S/C8H14N4O5S/c1-6(13)17-3-2-16-5-12-8(10)4-7(9)11-18(12,14)15/h4H,2-3,5,10H2,1H3,(H2,9,11). The zero-order chi connectivity index (χ0) is 13.8. The Balaban J connectivity index is 2.48. The molecule has 1 rings (SSSR count). The summed E-state index contributed by atoms with van der Waals surface area (Å²) in [6.45, 7) is 0.992. The molecule has 0 unspecified atom stereocenters. The van der Waals surface area contributed by atoms with E-state index in [9.17, 15) is 13.2 Å². The molecular formula is C8H14N4O5S. The molecule has 4 N–H and O–H groups in total. The largest absolute Gasteiger partial charge is 0.463 e. The number of nitrogens with two attached hydrogens (primary N) is 2. The number of nitrogens with zero attached hydrogens (tertiary/aromatic N) is 2. The summed E-state index contributed by atoms with van der Waals surface area (Å²) in [6, 6.07) is 0. The quantitative estimate of drug-likeness (QED) is 0.449. The van der Waals surface area contributed by atoms with Crippen molar-refractivity contribution in [3.05, 3.63) is 11.9 Å². The van der Waals surface area contributed by atoms with Gasteiger partial charge in [0.1, 0.15) is 25.0 Å². The van der Waals surface area contributed by atoms with Crippen LogP contribution in [-0.2, 0) is 24.5 Å². The highest BCUT2D eigenvalue weighted by Gasteiger charge is 2.26. The summed E-state index contributed by atoms with van der Waals surface area (Å²) in [5.74, 6) is -0.723. The molecule has 1 heterocycles. The first-order valence-corrected chi connectivity index (χ1v) is 6.29. The SMILES string of the molecule is CC(=O)OCCOCN1C(N)=CC(N)=NS1(=O)=O. The molecule has 102 valence electrons. The lowest BCUT2D eigenvalue weighted by Gasteiger charge is -2.24. The number of carbonyl (C=O) groups is 1. The maximum Gasteiger partial charge on any atom is 0.349 e. The van der Waals surface area contributed by atoms with E-state index in [0.717, 1.165) is 4.31 Å². The molecule has 0 saturated carbocycles. The summed E-state index contributed by atoms with van der Waals surface area (Å²) in [4.78, 5) is 10.5. The second-order valence-electron chi connectivity index (χ2n) is 3.29. The van der Waals surface area contributed by atoms with Crippen LogP contribution in [-0.4, -0.2) is 44.5 Å². The van der Waals surface area contributed by atoms with Crippen molar-refractivity contribution < 1.29 is 22.7 Å². The first-order valence-electron chi connectivity index (χ1n) is 4.89. The van der Waals surface area contributed by atoms with Crippen LogP contribution >= 0.6 is 0 Å². The summed E-state index contributed by atoms with van der Waals surface area (Å²) < 4.78 is 36.7. The van der Waals surface area contributed by atoms with Gasteiger partial charge in [-0.05, 0) is 0 Å². The number of esters is 1. The van der Waals surface area contributed by atoms with Gasteiger partial charge in [0.05, 0.1) is 6.61 Å². The predicted molar refractivity (Wildman–Crippen MR) is 62.1 cm³/mol. The number of hydrogen-bond donors (Lipinski definition) is 2. The lowest BCUT2D eigenvalue weighted by molar-refractivity contribution is -0.142. The van der Waals surface area contributed by atoms with E-state index >= 15 is 0 Å². The molecule has 0 aliphatic carbocycles. The van der Waals surface area contributed by atoms with E-state index in [1.807, 2.05) is 0 Å². The Morgan fingerprint density at radius 2 is 2.11 bits per heavy atom. The van der Waals surface area contributed by atoms with Gasteiger partial charge in [0.2, 0.25) is 0 Å². The highest BCUT2D eigenvalue weighted by atomic mass is 32.2. The van der Waals surface area contributed by atoms with Gasteiger partial charge in [-0.25, -0.2) is 4.31 Å². The summed E-state index contributed by atoms with van der Waals surface area (Å²) in [5, 5.41) is 0. The maximum atomic E-state index is 11.5. The van der Waals surface area contributed by atoms with Crippen molar-refractivity contribution in [1.82, 2.24) is 4.31 Å². The average molecular weight is 278 g/mol. The van der Waals surface area contributed by atoms with Crippen molar-refractivity contribution in [3.63, 3.8) is 0 Å². The van der Waals surface area contributed by atoms with E-state index < -0.39 is 16.2 Å². The van der Waals surface area contributed by atoms with Crippen LogP contribution in [0, 0.1) is 0 Å². The van der Waals surface area contributed by atoms with Gasteiger partial charge in [-0.3, -0.25) is 4.79 Å². The Hall–Kier alpha value is -1.81. The normalized spacial score (nSPS) is 17.9. The number of hydrogen-bond acceptors (Lipinski definition) is 7. The summed E-state index contributed by atoms with van der Waals surface area (Å²) in [5.41, 5.74) is 10.8. The van der Waals surface area contributed by atoms with E-state index in [-0.39, 0.29) is 31.6 Å². The third-order valence-corrected chi connectivity index (χ3v) is 3.14. The topological polar surface area (TPSA) is 137 Å². The minimum atomic E-state index is -3.96. The van der Waals surface area contributed by atoms with E-state index in [0.29, 0.717) is 0 Å². The molecule has 9 nitrogen and oxygen atoms in total. The van der Waals surface area contributed by atoms with Crippen LogP contribution in [0.5, 0.6) is 0 Å². The van der Waals surface area contributed by atoms with Crippen molar-refractivity contribution in [2.24, 2.45) is 15.9 Å². The molecule has 10 heteroatoms. The Morgan fingerprint density at radius 1 is 1.44 bits per heavy atom. The van der Waals surface area contributed by atoms with Crippen LogP contribution in [0.3, 0.4) is 0 Å². The molecule has 0 radical (unpaired) electrons. The highest BCUT2D eigenvalue weighted by Crippen LogP contribution is 2.12. The molecule has 0 spiro atoms. The van der Waals surface area contributed by atoms with Gasteiger partial charge in [0, 0.05) is 13.0 Å². The first kappa shape index (κ1) is 14.3. The smallest absolute Gasteiger partial charge is 0.349 e. The van der Waals surface area contributed by atoms with Gasteiger partial charge in [0.25, 0.3) is 0 Å². The van der Waals surface area contributed by atoms with Crippen LogP contribution in [0.1, 0.15) is 6.92 Å². The molecule has 0 atom stereocenters. The van der Waals surface area contributed by atoms with E-state index in [1.165, 1.54) is 13.0 Å². The van der Waals surface area contributed by atoms with Crippen molar-refractivity contribution in [3.8, 4) is 0 Å². The van der Waals surface area contributed by atoms with Gasteiger partial charge in [0.15, 0.2) is 0 Å². The van der Waals surface area contributed by atoms with Gasteiger partial charge >= 0.3 is 16.2 Å². The molecule has 1 aliphatic rings. The molecule has 0 bridgehead atoms. The Bertz CT molecular complexity index is 484. The molecule has 0 fully saturated rings. The summed E-state index contributed by atoms with van der Waals surface area (Å²) >= 11 is 0. The predicted octanol–water partition coefficient (Wildman–Crippen LogP) is -1.76. The second kappa shape index (κ2) is 5.69. The highest BCUT2D eigenvalue weighted by molar-refractivity contribution is 7.88. The second-order valence-corrected chi connectivity index (χ2v) is 4.81. The number of amidine groups is 1. The average Bonchev–Trinajstić information content (AvgIpc) is 2.19. The van der Waals surface area contributed by atoms with E-state index in [1.54, 1.807) is 0 Å². The lowest BCUT2D eigenvalue weighted by atomic mass is 10.5. The molecule has 0 aromatic carbocycles. The minimum absolute atomic E-state index is 0.0260. The van der Waals surface area contributed by atoms with Crippen molar-refractivity contribution in [2.75, 3.05) is 19.9 Å². The number of ether oxygens (including phenoxy) is 2. The van der Waals surface area contributed by atoms with Crippen molar-refractivity contribution in [2.45, 2.75) is 6.92 Å². The fraction of sp³-hybridized carbons (Fsp3) is 0.500. The molecule has 18 heavy (non-hydrogen) atoms. The van der Waals surface area contributed by atoms with Gasteiger partial charge < -0.3 is 20.9 Å². The molecule has 0 amide bonds. The van der Waals surface area contributed by atoms with Crippen LogP contribution in [0.25, 0.3) is 0 Å². The fourth-order valence-electron chi connectivity index (χ4n) is 1.10. The molecule has 0 aromatic heterocycles. The molecule has 0 saturated heterocycles. The third kappa shape index (κ3) is 3.89. The monoisotopic (exact) mass is 278 g/mol. The molecule has 0 aromatic rings. The van der Waals surface area contributed by atoms with Gasteiger partial charge in [-0.2, -0.15) is 8.42 Å². The Kier molecular flexibility index (Phi) is 4.50. The lowest BCUT2D eigenvalue weighted by Crippen LogP contribution is -2.39. The van der Waals surface area contributed by atoms with E-state index in [2.05, 4.69) is 9.13 Å². The van der Waals surface area contributed by atoms with Crippen LogP contribution in [0.2, 0.25) is 0 Å². The van der Waals surface area contributed by atoms with Gasteiger partial charge in [-0.1, -0.05) is 0 Å².